The molecule has 1 N–H and O–H groups in total. The Morgan fingerprint density at radius 1 is 1.28 bits per heavy atom. The van der Waals surface area contributed by atoms with Gasteiger partial charge in [0.2, 0.25) is 0 Å². The van der Waals surface area contributed by atoms with E-state index in [1.807, 2.05) is 42.6 Å². The molecule has 0 aliphatic carbocycles. The quantitative estimate of drug-likeness (QED) is 0.563. The van der Waals surface area contributed by atoms with Crippen LogP contribution in [0.5, 0.6) is 0 Å². The molecule has 0 bridgehead atoms. The Hall–Kier alpha value is -3.06. The minimum absolute atomic E-state index is 0.365. The van der Waals surface area contributed by atoms with Crippen LogP contribution in [-0.2, 0) is 14.3 Å². The molecule has 0 fully saturated rings. The number of aromatic nitrogens is 2. The maximum absolute atomic E-state index is 11.8. The first kappa shape index (κ1) is 16.8. The number of carbonyl (C=O) groups is 2. The smallest absolute Gasteiger partial charge is 0.331 e. The van der Waals surface area contributed by atoms with Gasteiger partial charge in [-0.1, -0.05) is 24.3 Å². The summed E-state index contributed by atoms with van der Waals surface area (Å²) in [7, 11) is 0. The number of hydrogen-bond acceptors (Lipinski definition) is 6. The van der Waals surface area contributed by atoms with Crippen molar-refractivity contribution in [1.29, 1.82) is 0 Å². The number of benzene rings is 1. The van der Waals surface area contributed by atoms with Crippen LogP contribution in [0.1, 0.15) is 11.3 Å². The molecule has 0 saturated heterocycles. The van der Waals surface area contributed by atoms with Crippen LogP contribution in [-0.4, -0.2) is 28.5 Å². The number of rotatable bonds is 5. The van der Waals surface area contributed by atoms with Gasteiger partial charge in [0.25, 0.3) is 5.91 Å². The van der Waals surface area contributed by atoms with Gasteiger partial charge in [-0.25, -0.2) is 9.78 Å². The molecule has 7 heteroatoms. The molecule has 1 amide bonds. The fourth-order valence-electron chi connectivity index (χ4n) is 2.17. The molecule has 2 heterocycles. The predicted molar refractivity (Wildman–Crippen MR) is 97.2 cm³/mol. The lowest BCUT2D eigenvalue weighted by Gasteiger charge is -2.03. The van der Waals surface area contributed by atoms with Gasteiger partial charge in [-0.05, 0) is 19.1 Å². The molecule has 1 aromatic carbocycles. The number of para-hydroxylation sites is 1. The minimum Gasteiger partial charge on any atom is -0.452 e. The average Bonchev–Trinajstić information content (AvgIpc) is 3.02. The van der Waals surface area contributed by atoms with Crippen molar-refractivity contribution in [3.63, 3.8) is 0 Å². The Balaban J connectivity index is 1.56. The van der Waals surface area contributed by atoms with E-state index in [0.29, 0.717) is 5.13 Å². The van der Waals surface area contributed by atoms with E-state index in [4.69, 9.17) is 4.74 Å². The summed E-state index contributed by atoms with van der Waals surface area (Å²) in [5.41, 5.74) is 2.42. The summed E-state index contributed by atoms with van der Waals surface area (Å²) < 4.78 is 4.94. The van der Waals surface area contributed by atoms with E-state index in [2.05, 4.69) is 15.3 Å². The molecule has 3 aromatic rings. The van der Waals surface area contributed by atoms with Gasteiger partial charge in [0.1, 0.15) is 0 Å². The van der Waals surface area contributed by atoms with Crippen molar-refractivity contribution < 1.29 is 14.3 Å². The Morgan fingerprint density at radius 2 is 2.12 bits per heavy atom. The fraction of sp³-hybridized carbons (Fsp3) is 0.111. The van der Waals surface area contributed by atoms with Gasteiger partial charge in [0, 0.05) is 28.6 Å². The van der Waals surface area contributed by atoms with Crippen molar-refractivity contribution in [2.24, 2.45) is 0 Å². The van der Waals surface area contributed by atoms with Crippen molar-refractivity contribution >= 4 is 45.3 Å². The molecule has 0 radical (unpaired) electrons. The first-order valence-corrected chi connectivity index (χ1v) is 8.40. The molecular weight excluding hydrogens is 338 g/mol. The molecule has 0 spiro atoms. The molecule has 25 heavy (non-hydrogen) atoms. The number of nitrogens with one attached hydrogen (secondary N) is 1. The van der Waals surface area contributed by atoms with Crippen molar-refractivity contribution in [3.8, 4) is 0 Å². The van der Waals surface area contributed by atoms with Crippen LogP contribution < -0.4 is 5.32 Å². The van der Waals surface area contributed by atoms with Crippen LogP contribution in [0.2, 0.25) is 0 Å². The number of nitrogens with zero attached hydrogens (tertiary/aromatic N) is 2. The molecule has 126 valence electrons. The summed E-state index contributed by atoms with van der Waals surface area (Å²) in [4.78, 5) is 31.9. The molecule has 0 saturated carbocycles. The van der Waals surface area contributed by atoms with Crippen molar-refractivity contribution in [2.45, 2.75) is 6.92 Å². The normalized spacial score (nSPS) is 10.9. The zero-order valence-corrected chi connectivity index (χ0v) is 14.2. The number of pyridine rings is 1. The van der Waals surface area contributed by atoms with Gasteiger partial charge >= 0.3 is 5.97 Å². The van der Waals surface area contributed by atoms with Crippen molar-refractivity contribution in [1.82, 2.24) is 9.97 Å². The predicted octanol–water partition coefficient (Wildman–Crippen LogP) is 3.19. The van der Waals surface area contributed by atoms with Crippen LogP contribution in [0.4, 0.5) is 5.13 Å². The molecule has 0 aliphatic heterocycles. The van der Waals surface area contributed by atoms with E-state index in [0.717, 1.165) is 22.2 Å². The van der Waals surface area contributed by atoms with Crippen molar-refractivity contribution in [2.75, 3.05) is 11.9 Å². The van der Waals surface area contributed by atoms with E-state index in [1.165, 1.54) is 17.4 Å². The topological polar surface area (TPSA) is 81.2 Å². The number of fused-ring (bicyclic) bond motifs is 1. The van der Waals surface area contributed by atoms with Gasteiger partial charge in [0.15, 0.2) is 11.7 Å². The Labute approximate surface area is 148 Å². The molecule has 0 aliphatic rings. The number of amides is 1. The molecule has 0 atom stereocenters. The maximum Gasteiger partial charge on any atom is 0.331 e. The Morgan fingerprint density at radius 3 is 2.92 bits per heavy atom. The lowest BCUT2D eigenvalue weighted by Crippen LogP contribution is -2.20. The second-order valence-corrected chi connectivity index (χ2v) is 6.06. The lowest BCUT2D eigenvalue weighted by atomic mass is 10.1. The zero-order valence-electron chi connectivity index (χ0n) is 13.4. The van der Waals surface area contributed by atoms with Gasteiger partial charge in [-0.15, -0.1) is 11.3 Å². The summed E-state index contributed by atoms with van der Waals surface area (Å²) in [5.74, 6) is -1.03. The molecule has 2 aromatic heterocycles. The fourth-order valence-corrected chi connectivity index (χ4v) is 2.88. The highest BCUT2D eigenvalue weighted by molar-refractivity contribution is 7.13. The number of anilines is 1. The van der Waals surface area contributed by atoms with Gasteiger partial charge in [-0.3, -0.25) is 15.1 Å². The average molecular weight is 353 g/mol. The summed E-state index contributed by atoms with van der Waals surface area (Å²) in [5, 5.41) is 5.86. The number of hydrogen-bond donors (Lipinski definition) is 1. The zero-order chi connectivity index (χ0) is 17.6. The standard InChI is InChI=1S/C18H15N3O3S/c1-12-11-25-18(20-12)21-15(22)10-24-16(23)8-7-14-5-2-4-13-6-3-9-19-17(13)14/h2-9,11H,10H2,1H3,(H,20,21,22)/b8-7+. The van der Waals surface area contributed by atoms with Crippen LogP contribution in [0, 0.1) is 6.92 Å². The number of esters is 1. The number of thiazole rings is 1. The highest BCUT2D eigenvalue weighted by Gasteiger charge is 2.08. The summed E-state index contributed by atoms with van der Waals surface area (Å²) in [6, 6.07) is 9.49. The third-order valence-corrected chi connectivity index (χ3v) is 4.15. The second-order valence-electron chi connectivity index (χ2n) is 5.21. The SMILES string of the molecule is Cc1csc(NC(=O)COC(=O)/C=C/c2cccc3cccnc23)n1. The van der Waals surface area contributed by atoms with Crippen LogP contribution >= 0.6 is 11.3 Å². The number of aryl methyl sites for hydroxylation is 1. The molecule has 0 unspecified atom stereocenters. The molecule has 3 rings (SSSR count). The Kier molecular flexibility index (Phi) is 5.15. The van der Waals surface area contributed by atoms with E-state index >= 15 is 0 Å². The molecular formula is C18H15N3O3S. The maximum atomic E-state index is 11.8. The van der Waals surface area contributed by atoms with Crippen LogP contribution in [0.3, 0.4) is 0 Å². The minimum atomic E-state index is -0.599. The highest BCUT2D eigenvalue weighted by Crippen LogP contribution is 2.17. The summed E-state index contributed by atoms with van der Waals surface area (Å²) in [6.07, 6.45) is 4.60. The summed E-state index contributed by atoms with van der Waals surface area (Å²) in [6.45, 7) is 1.47. The van der Waals surface area contributed by atoms with Crippen LogP contribution in [0.25, 0.3) is 17.0 Å². The highest BCUT2D eigenvalue weighted by atomic mass is 32.1. The van der Waals surface area contributed by atoms with Gasteiger partial charge < -0.3 is 4.74 Å². The molecule has 6 nitrogen and oxygen atoms in total. The van der Waals surface area contributed by atoms with E-state index in [1.54, 1.807) is 12.3 Å². The van der Waals surface area contributed by atoms with E-state index in [-0.39, 0.29) is 6.61 Å². The third kappa shape index (κ3) is 4.48. The van der Waals surface area contributed by atoms with E-state index < -0.39 is 11.9 Å². The second kappa shape index (κ2) is 7.67. The first-order chi connectivity index (χ1) is 12.1. The largest absolute Gasteiger partial charge is 0.452 e. The van der Waals surface area contributed by atoms with Crippen LogP contribution in [0.15, 0.2) is 48.0 Å². The lowest BCUT2D eigenvalue weighted by molar-refractivity contribution is -0.142. The first-order valence-electron chi connectivity index (χ1n) is 7.52. The monoisotopic (exact) mass is 353 g/mol. The van der Waals surface area contributed by atoms with E-state index in [9.17, 15) is 9.59 Å². The van der Waals surface area contributed by atoms with Gasteiger partial charge in [-0.2, -0.15) is 0 Å². The Bertz CT molecular complexity index is 944. The van der Waals surface area contributed by atoms with Gasteiger partial charge in [0.05, 0.1) is 11.2 Å². The third-order valence-electron chi connectivity index (χ3n) is 3.27. The number of carbonyl (C=O) groups excluding carboxylic acids is 2. The number of ether oxygens (including phenoxy) is 1. The summed E-state index contributed by atoms with van der Waals surface area (Å²) >= 11 is 1.32. The van der Waals surface area contributed by atoms with Crippen molar-refractivity contribution in [3.05, 3.63) is 59.2 Å².